The van der Waals surface area contributed by atoms with Crippen molar-refractivity contribution in [1.82, 2.24) is 14.9 Å². The van der Waals surface area contributed by atoms with Gasteiger partial charge >= 0.3 is 0 Å². The highest BCUT2D eigenvalue weighted by atomic mass is 16.5. The van der Waals surface area contributed by atoms with E-state index >= 15 is 0 Å². The summed E-state index contributed by atoms with van der Waals surface area (Å²) in [4.78, 5) is 30.5. The lowest BCUT2D eigenvalue weighted by Crippen LogP contribution is -2.31. The molecule has 1 aliphatic rings. The lowest BCUT2D eigenvalue weighted by Gasteiger charge is -2.15. The van der Waals surface area contributed by atoms with Gasteiger partial charge in [-0.25, -0.2) is 4.98 Å². The molecule has 0 saturated carbocycles. The molecule has 1 N–H and O–H groups in total. The molecule has 0 aliphatic carbocycles. The smallest absolute Gasteiger partial charge is 0.261 e. The lowest BCUT2D eigenvalue weighted by atomic mass is 10.0. The Morgan fingerprint density at radius 2 is 2.00 bits per heavy atom. The maximum Gasteiger partial charge on any atom is 0.261 e. The number of carbonyl (C=O) groups is 1. The first kappa shape index (κ1) is 23.5. The van der Waals surface area contributed by atoms with E-state index in [1.54, 1.807) is 23.8 Å². The van der Waals surface area contributed by atoms with Crippen LogP contribution in [0, 0.1) is 0 Å². The summed E-state index contributed by atoms with van der Waals surface area (Å²) >= 11 is 0. The zero-order chi connectivity index (χ0) is 23.9. The number of amides is 1. The number of benzene rings is 2. The second-order valence-electron chi connectivity index (χ2n) is 8.46. The van der Waals surface area contributed by atoms with Crippen molar-refractivity contribution in [3.63, 3.8) is 0 Å². The predicted molar refractivity (Wildman–Crippen MR) is 133 cm³/mol. The summed E-state index contributed by atoms with van der Waals surface area (Å²) < 4.78 is 12.8. The zero-order valence-electron chi connectivity index (χ0n) is 19.6. The molecule has 0 radical (unpaired) electrons. The second kappa shape index (κ2) is 11.0. The van der Waals surface area contributed by atoms with Crippen LogP contribution in [0.1, 0.15) is 36.2 Å². The van der Waals surface area contributed by atoms with Crippen molar-refractivity contribution < 1.29 is 14.3 Å². The number of fused-ring (bicyclic) bond motifs is 2. The minimum Gasteiger partial charge on any atom is -0.497 e. The van der Waals surface area contributed by atoms with Crippen LogP contribution in [-0.2, 0) is 30.6 Å². The third kappa shape index (κ3) is 5.30. The lowest BCUT2D eigenvalue weighted by molar-refractivity contribution is -0.123. The number of hydrogen-bond donors (Lipinski definition) is 1. The summed E-state index contributed by atoms with van der Waals surface area (Å²) in [6, 6.07) is 11.4. The number of hydrogen-bond acceptors (Lipinski definition) is 5. The largest absolute Gasteiger partial charge is 0.497 e. The first-order valence-corrected chi connectivity index (χ1v) is 11.8. The molecule has 1 aromatic heterocycles. The Kier molecular flexibility index (Phi) is 7.62. The molecule has 34 heavy (non-hydrogen) atoms. The van der Waals surface area contributed by atoms with Crippen LogP contribution in [0.5, 0.6) is 11.5 Å². The highest BCUT2D eigenvalue weighted by Crippen LogP contribution is 2.27. The van der Waals surface area contributed by atoms with E-state index in [1.807, 2.05) is 30.3 Å². The van der Waals surface area contributed by atoms with Crippen molar-refractivity contribution in [2.24, 2.45) is 0 Å². The molecule has 2 aromatic carbocycles. The van der Waals surface area contributed by atoms with Gasteiger partial charge in [0.1, 0.15) is 17.3 Å². The maximum atomic E-state index is 13.4. The molecule has 0 unspecified atom stereocenters. The SMILES string of the molecule is C=CCc1c(OCC(=O)NCCc2ccc(OC)cc2)ccc2nc3n(c(=O)c12)CCCCC3. The quantitative estimate of drug-likeness (QED) is 0.493. The Labute approximate surface area is 199 Å². The summed E-state index contributed by atoms with van der Waals surface area (Å²) in [7, 11) is 1.63. The molecule has 0 spiro atoms. The van der Waals surface area contributed by atoms with Gasteiger partial charge in [-0.05, 0) is 55.5 Å². The number of methoxy groups -OCH3 is 1. The third-order valence-electron chi connectivity index (χ3n) is 6.15. The van der Waals surface area contributed by atoms with Gasteiger partial charge in [0.25, 0.3) is 11.5 Å². The standard InChI is InChI=1S/C27H31N3O4/c1-3-7-21-23(34-18-25(31)28-16-15-19-9-11-20(33-2)12-10-19)14-13-22-26(21)27(32)30-17-6-4-5-8-24(30)29-22/h3,9-14H,1,4-8,15-18H2,2H3,(H,28,31). The summed E-state index contributed by atoms with van der Waals surface area (Å²) in [5, 5.41) is 3.44. The second-order valence-corrected chi connectivity index (χ2v) is 8.46. The van der Waals surface area contributed by atoms with Gasteiger partial charge in [0.15, 0.2) is 6.61 Å². The number of aromatic nitrogens is 2. The molecule has 2 heterocycles. The minimum absolute atomic E-state index is 0.0341. The van der Waals surface area contributed by atoms with E-state index in [2.05, 4.69) is 11.9 Å². The minimum atomic E-state index is -0.213. The summed E-state index contributed by atoms with van der Waals surface area (Å²) in [5.74, 6) is 1.96. The van der Waals surface area contributed by atoms with Crippen molar-refractivity contribution in [2.45, 2.75) is 45.1 Å². The van der Waals surface area contributed by atoms with Crippen molar-refractivity contribution in [2.75, 3.05) is 20.3 Å². The number of nitrogens with zero attached hydrogens (tertiary/aromatic N) is 2. The molecule has 0 atom stereocenters. The Morgan fingerprint density at radius 1 is 1.18 bits per heavy atom. The zero-order valence-corrected chi connectivity index (χ0v) is 19.6. The van der Waals surface area contributed by atoms with Gasteiger partial charge in [0, 0.05) is 25.1 Å². The first-order chi connectivity index (χ1) is 16.6. The fraction of sp³-hybridized carbons (Fsp3) is 0.370. The molecule has 0 bridgehead atoms. The number of aryl methyl sites for hydroxylation is 1. The van der Waals surface area contributed by atoms with Crippen LogP contribution in [0.25, 0.3) is 10.9 Å². The van der Waals surface area contributed by atoms with Crippen LogP contribution >= 0.6 is 0 Å². The van der Waals surface area contributed by atoms with Gasteiger partial charge < -0.3 is 14.8 Å². The average molecular weight is 462 g/mol. The average Bonchev–Trinajstić information content (AvgIpc) is 3.10. The topological polar surface area (TPSA) is 82.4 Å². The molecule has 7 heteroatoms. The van der Waals surface area contributed by atoms with Crippen molar-refractivity contribution in [3.05, 3.63) is 76.4 Å². The maximum absolute atomic E-state index is 13.4. The molecule has 1 aliphatic heterocycles. The van der Waals surface area contributed by atoms with Crippen LogP contribution in [0.4, 0.5) is 0 Å². The summed E-state index contributed by atoms with van der Waals surface area (Å²) in [6.07, 6.45) is 6.85. The van der Waals surface area contributed by atoms with Crippen molar-refractivity contribution in [1.29, 1.82) is 0 Å². The van der Waals surface area contributed by atoms with Crippen molar-refractivity contribution >= 4 is 16.8 Å². The van der Waals surface area contributed by atoms with Crippen LogP contribution in [0.2, 0.25) is 0 Å². The molecule has 0 fully saturated rings. The molecule has 4 rings (SSSR count). The van der Waals surface area contributed by atoms with Crippen LogP contribution in [0.15, 0.2) is 53.8 Å². The monoisotopic (exact) mass is 461 g/mol. The van der Waals surface area contributed by atoms with E-state index in [9.17, 15) is 9.59 Å². The highest BCUT2D eigenvalue weighted by molar-refractivity contribution is 5.84. The number of carbonyl (C=O) groups excluding carboxylic acids is 1. The number of rotatable bonds is 9. The van der Waals surface area contributed by atoms with Gasteiger partial charge in [0.05, 0.1) is 18.0 Å². The van der Waals surface area contributed by atoms with E-state index in [1.165, 1.54) is 0 Å². The van der Waals surface area contributed by atoms with Crippen molar-refractivity contribution in [3.8, 4) is 11.5 Å². The van der Waals surface area contributed by atoms with Crippen LogP contribution in [0.3, 0.4) is 0 Å². The van der Waals surface area contributed by atoms with E-state index in [4.69, 9.17) is 14.5 Å². The van der Waals surface area contributed by atoms with E-state index < -0.39 is 0 Å². The highest BCUT2D eigenvalue weighted by Gasteiger charge is 2.18. The van der Waals surface area contributed by atoms with Gasteiger partial charge in [-0.2, -0.15) is 0 Å². The van der Waals surface area contributed by atoms with Crippen LogP contribution < -0.4 is 20.3 Å². The molecule has 1 amide bonds. The summed E-state index contributed by atoms with van der Waals surface area (Å²) in [5.41, 5.74) is 2.48. The Bertz CT molecular complexity index is 1230. The third-order valence-corrected chi connectivity index (χ3v) is 6.15. The number of ether oxygens (including phenoxy) is 2. The summed E-state index contributed by atoms with van der Waals surface area (Å²) in [6.45, 7) is 4.90. The Balaban J connectivity index is 1.46. The Morgan fingerprint density at radius 3 is 2.76 bits per heavy atom. The molecular weight excluding hydrogens is 430 g/mol. The molecule has 0 saturated heterocycles. The van der Waals surface area contributed by atoms with Gasteiger partial charge in [-0.15, -0.1) is 6.58 Å². The molecule has 7 nitrogen and oxygen atoms in total. The van der Waals surface area contributed by atoms with Gasteiger partial charge in [-0.1, -0.05) is 24.6 Å². The fourth-order valence-electron chi connectivity index (χ4n) is 4.37. The number of allylic oxidation sites excluding steroid dienone is 1. The predicted octanol–water partition coefficient (Wildman–Crippen LogP) is 3.60. The Hall–Kier alpha value is -3.61. The van der Waals surface area contributed by atoms with Gasteiger partial charge in [-0.3, -0.25) is 14.2 Å². The van der Waals surface area contributed by atoms with E-state index in [0.717, 1.165) is 48.4 Å². The molecule has 178 valence electrons. The fourth-order valence-corrected chi connectivity index (χ4v) is 4.37. The van der Waals surface area contributed by atoms with E-state index in [-0.39, 0.29) is 18.1 Å². The molecular formula is C27H31N3O4. The molecule has 3 aromatic rings. The van der Waals surface area contributed by atoms with Crippen LogP contribution in [-0.4, -0.2) is 35.7 Å². The van der Waals surface area contributed by atoms with E-state index in [0.29, 0.717) is 42.6 Å². The van der Waals surface area contributed by atoms with Gasteiger partial charge in [0.2, 0.25) is 0 Å². The normalized spacial score (nSPS) is 13.1. The first-order valence-electron chi connectivity index (χ1n) is 11.8. The number of nitrogens with one attached hydrogen (secondary N) is 1.